The van der Waals surface area contributed by atoms with Gasteiger partial charge in [-0.25, -0.2) is 9.78 Å². The molecule has 0 radical (unpaired) electrons. The van der Waals surface area contributed by atoms with Crippen LogP contribution in [0.5, 0.6) is 5.75 Å². The summed E-state index contributed by atoms with van der Waals surface area (Å²) in [6, 6.07) is 7.96. The molecule has 0 aliphatic carbocycles. The van der Waals surface area contributed by atoms with Gasteiger partial charge in [-0.15, -0.1) is 0 Å². The number of pyridine rings is 1. The number of aromatic nitrogens is 1. The maximum atomic E-state index is 12.4. The van der Waals surface area contributed by atoms with Crippen LogP contribution >= 0.6 is 34.8 Å². The third-order valence-corrected chi connectivity index (χ3v) is 4.13. The van der Waals surface area contributed by atoms with Gasteiger partial charge in [-0.1, -0.05) is 34.8 Å². The Bertz CT molecular complexity index is 841. The average Bonchev–Trinajstić information content (AvgIpc) is 2.59. The van der Waals surface area contributed by atoms with E-state index in [0.29, 0.717) is 15.8 Å². The molecule has 0 spiro atoms. The Kier molecular flexibility index (Phi) is 6.92. The highest BCUT2D eigenvalue weighted by molar-refractivity contribution is 6.36. The first-order valence-electron chi connectivity index (χ1n) is 7.86. The molecule has 2 aromatic rings. The van der Waals surface area contributed by atoms with Crippen molar-refractivity contribution in [3.63, 3.8) is 0 Å². The summed E-state index contributed by atoms with van der Waals surface area (Å²) >= 11 is 17.5. The zero-order chi connectivity index (χ0) is 20.2. The Morgan fingerprint density at radius 2 is 1.74 bits per heavy atom. The fourth-order valence-corrected chi connectivity index (χ4v) is 2.47. The number of amides is 1. The molecule has 27 heavy (non-hydrogen) atoms. The van der Waals surface area contributed by atoms with Gasteiger partial charge in [0.25, 0.3) is 5.91 Å². The summed E-state index contributed by atoms with van der Waals surface area (Å²) in [5.41, 5.74) is -1.32. The van der Waals surface area contributed by atoms with Crippen molar-refractivity contribution in [3.05, 3.63) is 51.6 Å². The van der Waals surface area contributed by atoms with Gasteiger partial charge in [0.05, 0.1) is 10.0 Å². The SMILES string of the molecule is C[C@@H](OC(=O)C(C)(C)Oc1ccc(Cl)cc1)C(=O)Nc1ncc(Cl)cc1Cl. The van der Waals surface area contributed by atoms with E-state index < -0.39 is 23.6 Å². The lowest BCUT2D eigenvalue weighted by Crippen LogP contribution is -2.43. The monoisotopic (exact) mass is 430 g/mol. The lowest BCUT2D eigenvalue weighted by atomic mass is 10.1. The van der Waals surface area contributed by atoms with Crippen molar-refractivity contribution in [2.24, 2.45) is 0 Å². The molecule has 2 rings (SSSR count). The molecule has 1 aromatic heterocycles. The molecule has 1 aromatic carbocycles. The molecule has 0 aliphatic rings. The van der Waals surface area contributed by atoms with Crippen molar-refractivity contribution in [1.29, 1.82) is 0 Å². The predicted molar refractivity (Wildman–Crippen MR) is 105 cm³/mol. The fraction of sp³-hybridized carbons (Fsp3) is 0.278. The van der Waals surface area contributed by atoms with Crippen LogP contribution in [0.15, 0.2) is 36.5 Å². The predicted octanol–water partition coefficient (Wildman–Crippen LogP) is 4.77. The van der Waals surface area contributed by atoms with Gasteiger partial charge in [-0.2, -0.15) is 0 Å². The number of carbonyl (C=O) groups is 2. The second-order valence-corrected chi connectivity index (χ2v) is 7.37. The molecule has 1 amide bonds. The van der Waals surface area contributed by atoms with Gasteiger partial charge in [0.15, 0.2) is 17.5 Å². The summed E-state index contributed by atoms with van der Waals surface area (Å²) in [6.45, 7) is 4.49. The third-order valence-electron chi connectivity index (χ3n) is 3.38. The fourth-order valence-electron chi connectivity index (χ4n) is 1.92. The van der Waals surface area contributed by atoms with Gasteiger partial charge in [0.1, 0.15) is 5.75 Å². The summed E-state index contributed by atoms with van der Waals surface area (Å²) in [6.07, 6.45) is 0.238. The Morgan fingerprint density at radius 3 is 2.33 bits per heavy atom. The summed E-state index contributed by atoms with van der Waals surface area (Å²) in [5.74, 6) is -0.751. The van der Waals surface area contributed by atoms with Crippen molar-refractivity contribution in [3.8, 4) is 5.75 Å². The maximum absolute atomic E-state index is 12.4. The molecule has 0 aliphatic heterocycles. The van der Waals surface area contributed by atoms with Crippen LogP contribution in [-0.4, -0.2) is 28.6 Å². The van der Waals surface area contributed by atoms with Crippen LogP contribution in [-0.2, 0) is 14.3 Å². The normalized spacial score (nSPS) is 12.2. The first-order valence-corrected chi connectivity index (χ1v) is 8.99. The summed E-state index contributed by atoms with van der Waals surface area (Å²) in [7, 11) is 0. The van der Waals surface area contributed by atoms with Crippen LogP contribution in [0.1, 0.15) is 20.8 Å². The minimum Gasteiger partial charge on any atom is -0.476 e. The molecule has 1 atom stereocenters. The minimum atomic E-state index is -1.32. The third kappa shape index (κ3) is 5.99. The zero-order valence-electron chi connectivity index (χ0n) is 14.8. The van der Waals surface area contributed by atoms with Crippen molar-refractivity contribution >= 4 is 52.5 Å². The van der Waals surface area contributed by atoms with Crippen LogP contribution in [0.2, 0.25) is 15.1 Å². The van der Waals surface area contributed by atoms with Gasteiger partial charge in [0, 0.05) is 11.2 Å². The molecule has 144 valence electrons. The molecule has 1 N–H and O–H groups in total. The second kappa shape index (κ2) is 8.78. The van der Waals surface area contributed by atoms with Crippen molar-refractivity contribution in [1.82, 2.24) is 4.98 Å². The highest BCUT2D eigenvalue weighted by atomic mass is 35.5. The van der Waals surface area contributed by atoms with Crippen molar-refractivity contribution < 1.29 is 19.1 Å². The van der Waals surface area contributed by atoms with Crippen molar-refractivity contribution in [2.45, 2.75) is 32.5 Å². The Balaban J connectivity index is 1.98. The number of carbonyl (C=O) groups excluding carboxylic acids is 2. The molecular formula is C18H17Cl3N2O4. The molecule has 9 heteroatoms. The number of nitrogens with zero attached hydrogens (tertiary/aromatic N) is 1. The van der Waals surface area contributed by atoms with E-state index in [-0.39, 0.29) is 10.8 Å². The number of anilines is 1. The number of halogens is 3. The lowest BCUT2D eigenvalue weighted by Gasteiger charge is -2.26. The van der Waals surface area contributed by atoms with E-state index in [1.807, 2.05) is 0 Å². The molecule has 0 fully saturated rings. The van der Waals surface area contributed by atoms with Crippen LogP contribution < -0.4 is 10.1 Å². The lowest BCUT2D eigenvalue weighted by molar-refractivity contribution is -0.166. The number of nitrogens with one attached hydrogen (secondary N) is 1. The minimum absolute atomic E-state index is 0.116. The highest BCUT2D eigenvalue weighted by Gasteiger charge is 2.34. The molecule has 0 unspecified atom stereocenters. The van der Waals surface area contributed by atoms with Gasteiger partial charge in [0.2, 0.25) is 0 Å². The maximum Gasteiger partial charge on any atom is 0.350 e. The van der Waals surface area contributed by atoms with Crippen LogP contribution in [0.4, 0.5) is 5.82 Å². The van der Waals surface area contributed by atoms with Crippen LogP contribution in [0.3, 0.4) is 0 Å². The first kappa shape index (κ1) is 21.3. The van der Waals surface area contributed by atoms with E-state index in [1.54, 1.807) is 24.3 Å². The molecule has 0 saturated heterocycles. The van der Waals surface area contributed by atoms with E-state index in [1.165, 1.54) is 33.0 Å². The largest absolute Gasteiger partial charge is 0.476 e. The second-order valence-electron chi connectivity index (χ2n) is 6.09. The van der Waals surface area contributed by atoms with Gasteiger partial charge in [-0.3, -0.25) is 4.79 Å². The number of hydrogen-bond acceptors (Lipinski definition) is 5. The average molecular weight is 432 g/mol. The number of benzene rings is 1. The summed E-state index contributed by atoms with van der Waals surface area (Å²) in [5, 5.41) is 3.52. The van der Waals surface area contributed by atoms with Gasteiger partial charge >= 0.3 is 5.97 Å². The molecule has 0 bridgehead atoms. The topological polar surface area (TPSA) is 77.5 Å². The zero-order valence-corrected chi connectivity index (χ0v) is 17.0. The molecule has 1 heterocycles. The standard InChI is InChI=1S/C18H17Cl3N2O4/c1-10(16(24)23-15-14(21)8-12(20)9-22-15)26-17(25)18(2,3)27-13-6-4-11(19)5-7-13/h4-10H,1-3H3,(H,22,23,24)/t10-/m1/s1. The van der Waals surface area contributed by atoms with E-state index in [2.05, 4.69) is 10.3 Å². The van der Waals surface area contributed by atoms with Crippen LogP contribution in [0, 0.1) is 0 Å². The summed E-state index contributed by atoms with van der Waals surface area (Å²) in [4.78, 5) is 28.6. The van der Waals surface area contributed by atoms with E-state index in [0.717, 1.165) is 0 Å². The smallest absolute Gasteiger partial charge is 0.350 e. The highest BCUT2D eigenvalue weighted by Crippen LogP contribution is 2.24. The van der Waals surface area contributed by atoms with Gasteiger partial charge < -0.3 is 14.8 Å². The Morgan fingerprint density at radius 1 is 1.11 bits per heavy atom. The van der Waals surface area contributed by atoms with E-state index >= 15 is 0 Å². The molecular weight excluding hydrogens is 415 g/mol. The van der Waals surface area contributed by atoms with Crippen LogP contribution in [0.25, 0.3) is 0 Å². The molecule has 0 saturated carbocycles. The van der Waals surface area contributed by atoms with Crippen molar-refractivity contribution in [2.75, 3.05) is 5.32 Å². The van der Waals surface area contributed by atoms with Gasteiger partial charge in [-0.05, 0) is 51.1 Å². The Labute approximate surface area is 171 Å². The number of esters is 1. The summed E-state index contributed by atoms with van der Waals surface area (Å²) < 4.78 is 10.8. The molecule has 6 nitrogen and oxygen atoms in total. The Hall–Kier alpha value is -2.02. The number of hydrogen-bond donors (Lipinski definition) is 1. The number of rotatable bonds is 6. The first-order chi connectivity index (χ1) is 12.6. The van der Waals surface area contributed by atoms with E-state index in [9.17, 15) is 9.59 Å². The quantitative estimate of drug-likeness (QED) is 0.667. The number of ether oxygens (including phenoxy) is 2. The van der Waals surface area contributed by atoms with E-state index in [4.69, 9.17) is 44.3 Å².